The first-order valence-corrected chi connectivity index (χ1v) is 5.72. The maximum Gasteiger partial charge on any atom is 0.392 e. The summed E-state index contributed by atoms with van der Waals surface area (Å²) >= 11 is 0. The van der Waals surface area contributed by atoms with Crippen LogP contribution in [0.2, 0.25) is 0 Å². The molecule has 19 heavy (non-hydrogen) atoms. The molecule has 0 saturated carbocycles. The Bertz CT molecular complexity index is 492. The van der Waals surface area contributed by atoms with E-state index in [1.807, 2.05) is 0 Å². The van der Waals surface area contributed by atoms with Crippen molar-refractivity contribution >= 4 is 5.57 Å². The third-order valence-electron chi connectivity index (χ3n) is 2.87. The summed E-state index contributed by atoms with van der Waals surface area (Å²) in [5, 5.41) is 0. The number of hydrogen-bond acceptors (Lipinski definition) is 1. The smallest absolute Gasteiger partial charge is 0.392 e. The summed E-state index contributed by atoms with van der Waals surface area (Å²) in [5.41, 5.74) is 0.600. The Morgan fingerprint density at radius 1 is 1.21 bits per heavy atom. The summed E-state index contributed by atoms with van der Waals surface area (Å²) in [6, 6.07) is 3.09. The van der Waals surface area contributed by atoms with Crippen molar-refractivity contribution in [3.8, 4) is 0 Å². The first-order chi connectivity index (χ1) is 8.85. The van der Waals surface area contributed by atoms with Gasteiger partial charge in [0.15, 0.2) is 0 Å². The molecular formula is C13H11F5O. The second-order valence-electron chi connectivity index (χ2n) is 4.38. The van der Waals surface area contributed by atoms with E-state index in [0.717, 1.165) is 18.4 Å². The molecule has 0 saturated heterocycles. The van der Waals surface area contributed by atoms with Crippen LogP contribution in [0.5, 0.6) is 0 Å². The predicted molar refractivity (Wildman–Crippen MR) is 59.1 cm³/mol. The SMILES string of the molecule is Fc1ccc(C2=COC(CC(F)(F)F)CC2)c(F)c1. The van der Waals surface area contributed by atoms with Crippen LogP contribution in [-0.2, 0) is 4.74 Å². The molecule has 0 N–H and O–H groups in total. The molecule has 104 valence electrons. The van der Waals surface area contributed by atoms with Crippen molar-refractivity contribution < 1.29 is 26.7 Å². The average molecular weight is 278 g/mol. The Balaban J connectivity index is 2.08. The average Bonchev–Trinajstić information content (AvgIpc) is 2.28. The van der Waals surface area contributed by atoms with Gasteiger partial charge >= 0.3 is 6.18 Å². The number of rotatable bonds is 2. The van der Waals surface area contributed by atoms with Gasteiger partial charge in [0, 0.05) is 11.6 Å². The molecule has 0 aliphatic carbocycles. The van der Waals surface area contributed by atoms with Gasteiger partial charge in [0.25, 0.3) is 0 Å². The third-order valence-corrected chi connectivity index (χ3v) is 2.87. The van der Waals surface area contributed by atoms with Crippen molar-refractivity contribution in [3.05, 3.63) is 41.7 Å². The van der Waals surface area contributed by atoms with E-state index < -0.39 is 30.3 Å². The van der Waals surface area contributed by atoms with Crippen LogP contribution in [0.25, 0.3) is 5.57 Å². The van der Waals surface area contributed by atoms with E-state index >= 15 is 0 Å². The largest absolute Gasteiger partial charge is 0.497 e. The van der Waals surface area contributed by atoms with E-state index in [4.69, 9.17) is 4.74 Å². The normalized spacial score (nSPS) is 19.8. The third kappa shape index (κ3) is 3.68. The zero-order valence-electron chi connectivity index (χ0n) is 9.81. The molecule has 0 spiro atoms. The minimum Gasteiger partial charge on any atom is -0.497 e. The summed E-state index contributed by atoms with van der Waals surface area (Å²) in [6.45, 7) is 0. The molecule has 0 bridgehead atoms. The number of benzene rings is 1. The quantitative estimate of drug-likeness (QED) is 0.727. The molecule has 1 aliphatic rings. The van der Waals surface area contributed by atoms with Crippen LogP contribution in [0.1, 0.15) is 24.8 Å². The summed E-state index contributed by atoms with van der Waals surface area (Å²) in [6.07, 6.45) is -4.69. The van der Waals surface area contributed by atoms with Crippen LogP contribution in [0.3, 0.4) is 0 Å². The summed E-state index contributed by atoms with van der Waals surface area (Å²) in [5.74, 6) is -1.45. The highest BCUT2D eigenvalue weighted by molar-refractivity contribution is 5.65. The van der Waals surface area contributed by atoms with E-state index in [1.54, 1.807) is 0 Å². The highest BCUT2D eigenvalue weighted by Crippen LogP contribution is 2.33. The van der Waals surface area contributed by atoms with Crippen LogP contribution < -0.4 is 0 Å². The lowest BCUT2D eigenvalue weighted by molar-refractivity contribution is -0.155. The number of alkyl halides is 3. The number of halogens is 5. The Morgan fingerprint density at radius 2 is 1.95 bits per heavy atom. The minimum atomic E-state index is -4.28. The molecule has 0 aromatic heterocycles. The fourth-order valence-corrected chi connectivity index (χ4v) is 1.98. The standard InChI is InChI=1S/C13H11F5O/c14-9-2-4-11(12(15)5-9)8-1-3-10(19-7-8)6-13(16,17)18/h2,4-5,7,10H,1,3,6H2. The van der Waals surface area contributed by atoms with Crippen molar-refractivity contribution in [1.82, 2.24) is 0 Å². The maximum absolute atomic E-state index is 13.5. The van der Waals surface area contributed by atoms with Crippen LogP contribution >= 0.6 is 0 Å². The highest BCUT2D eigenvalue weighted by Gasteiger charge is 2.33. The Kier molecular flexibility index (Phi) is 3.78. The van der Waals surface area contributed by atoms with Crippen molar-refractivity contribution in [2.45, 2.75) is 31.5 Å². The van der Waals surface area contributed by atoms with Gasteiger partial charge in [-0.05, 0) is 30.5 Å². The van der Waals surface area contributed by atoms with E-state index in [2.05, 4.69) is 0 Å². The predicted octanol–water partition coefficient (Wildman–Crippen LogP) is 4.44. The van der Waals surface area contributed by atoms with E-state index in [-0.39, 0.29) is 18.4 Å². The monoisotopic (exact) mass is 278 g/mol. The summed E-state index contributed by atoms with van der Waals surface area (Å²) < 4.78 is 67.7. The molecule has 1 nitrogen and oxygen atoms in total. The van der Waals surface area contributed by atoms with Gasteiger partial charge in [-0.2, -0.15) is 13.2 Å². The van der Waals surface area contributed by atoms with Gasteiger partial charge in [0.05, 0.1) is 12.7 Å². The summed E-state index contributed by atoms with van der Waals surface area (Å²) in [4.78, 5) is 0. The molecule has 0 fully saturated rings. The lowest BCUT2D eigenvalue weighted by Gasteiger charge is -2.24. The van der Waals surface area contributed by atoms with Crippen LogP contribution in [0, 0.1) is 11.6 Å². The zero-order valence-corrected chi connectivity index (χ0v) is 9.81. The number of hydrogen-bond donors (Lipinski definition) is 0. The molecule has 6 heteroatoms. The van der Waals surface area contributed by atoms with Gasteiger partial charge in [0.2, 0.25) is 0 Å². The van der Waals surface area contributed by atoms with Gasteiger partial charge in [-0.3, -0.25) is 0 Å². The van der Waals surface area contributed by atoms with Crippen molar-refractivity contribution in [1.29, 1.82) is 0 Å². The molecular weight excluding hydrogens is 267 g/mol. The zero-order chi connectivity index (χ0) is 14.0. The van der Waals surface area contributed by atoms with Crippen LogP contribution in [0.15, 0.2) is 24.5 Å². The molecule has 1 unspecified atom stereocenters. The van der Waals surface area contributed by atoms with Gasteiger partial charge in [-0.25, -0.2) is 8.78 Å². The summed E-state index contributed by atoms with van der Waals surface area (Å²) in [7, 11) is 0. The fraction of sp³-hybridized carbons (Fsp3) is 0.385. The molecule has 1 aromatic rings. The molecule has 2 rings (SSSR count). The Morgan fingerprint density at radius 3 is 2.47 bits per heavy atom. The van der Waals surface area contributed by atoms with E-state index in [9.17, 15) is 22.0 Å². The molecule has 0 amide bonds. The van der Waals surface area contributed by atoms with Gasteiger partial charge < -0.3 is 4.74 Å². The molecule has 0 radical (unpaired) electrons. The van der Waals surface area contributed by atoms with Crippen molar-refractivity contribution in [2.24, 2.45) is 0 Å². The lowest BCUT2D eigenvalue weighted by atomic mass is 9.97. The molecule has 1 aliphatic heterocycles. The molecule has 1 aromatic carbocycles. The van der Waals surface area contributed by atoms with E-state index in [1.165, 1.54) is 6.07 Å². The number of ether oxygens (including phenoxy) is 1. The second kappa shape index (κ2) is 5.19. The Hall–Kier alpha value is -1.59. The first kappa shape index (κ1) is 13.8. The van der Waals surface area contributed by atoms with Crippen LogP contribution in [0.4, 0.5) is 22.0 Å². The minimum absolute atomic E-state index is 0.155. The topological polar surface area (TPSA) is 9.23 Å². The van der Waals surface area contributed by atoms with Crippen molar-refractivity contribution in [2.75, 3.05) is 0 Å². The maximum atomic E-state index is 13.5. The second-order valence-corrected chi connectivity index (χ2v) is 4.38. The van der Waals surface area contributed by atoms with Crippen molar-refractivity contribution in [3.63, 3.8) is 0 Å². The lowest BCUT2D eigenvalue weighted by Crippen LogP contribution is -2.23. The molecule has 1 heterocycles. The van der Waals surface area contributed by atoms with Gasteiger partial charge in [-0.1, -0.05) is 0 Å². The molecule has 1 atom stereocenters. The Labute approximate surface area is 106 Å². The number of allylic oxidation sites excluding steroid dienone is 1. The van der Waals surface area contributed by atoms with E-state index in [0.29, 0.717) is 5.57 Å². The fourth-order valence-electron chi connectivity index (χ4n) is 1.98. The highest BCUT2D eigenvalue weighted by atomic mass is 19.4. The van der Waals surface area contributed by atoms with Crippen LogP contribution in [-0.4, -0.2) is 12.3 Å². The van der Waals surface area contributed by atoms with Gasteiger partial charge in [-0.15, -0.1) is 0 Å². The van der Waals surface area contributed by atoms with Gasteiger partial charge in [0.1, 0.15) is 17.7 Å². The first-order valence-electron chi connectivity index (χ1n) is 5.72.